The molecule has 6 rings (SSSR count). The van der Waals surface area contributed by atoms with E-state index in [9.17, 15) is 12.8 Å². The summed E-state index contributed by atoms with van der Waals surface area (Å²) < 4.78 is 49.7. The Balaban J connectivity index is 1.17. The molecule has 10 nitrogen and oxygen atoms in total. The van der Waals surface area contributed by atoms with E-state index in [2.05, 4.69) is 20.3 Å². The summed E-state index contributed by atoms with van der Waals surface area (Å²) in [5, 5.41) is 3.14. The Hall–Kier alpha value is -4.13. The lowest BCUT2D eigenvalue weighted by Crippen LogP contribution is -2.35. The maximum absolute atomic E-state index is 13.5. The first-order valence-electron chi connectivity index (χ1n) is 12.1. The largest absolute Gasteiger partial charge is 0.432 e. The minimum Gasteiger partial charge on any atom is -0.432 e. The Kier molecular flexibility index (Phi) is 6.35. The molecule has 0 unspecified atom stereocenters. The highest BCUT2D eigenvalue weighted by Crippen LogP contribution is 2.32. The minimum atomic E-state index is -3.54. The number of hydrogen-bond acceptors (Lipinski definition) is 7. The lowest BCUT2D eigenvalue weighted by atomic mass is 10.1. The molecule has 4 heterocycles. The number of hydrogen-bond donors (Lipinski definition) is 1. The molecule has 0 atom stereocenters. The zero-order valence-electron chi connectivity index (χ0n) is 20.2. The molecule has 2 aromatic carbocycles. The third-order valence-electron chi connectivity index (χ3n) is 6.38. The van der Waals surface area contributed by atoms with Crippen molar-refractivity contribution in [1.29, 1.82) is 0 Å². The summed E-state index contributed by atoms with van der Waals surface area (Å²) in [5.41, 5.74) is 3.51. The molecule has 194 valence electrons. The molecule has 1 saturated heterocycles. The number of oxazole rings is 1. The van der Waals surface area contributed by atoms with E-state index in [0.717, 1.165) is 5.56 Å². The van der Waals surface area contributed by atoms with Crippen LogP contribution in [0.3, 0.4) is 0 Å². The van der Waals surface area contributed by atoms with E-state index < -0.39 is 10.2 Å². The van der Waals surface area contributed by atoms with E-state index in [1.54, 1.807) is 35.0 Å². The van der Waals surface area contributed by atoms with Crippen molar-refractivity contribution in [3.05, 3.63) is 90.7 Å². The standard InChI is InChI=1S/C26H24FN7O3S/c27-21-8-6-20(7-9-21)23-24(34-16-17-37-26(34)31-23)22-10-11-28-25(30-22)29-12-13-32-14-15-33(38(32,35)36)18-19-4-2-1-3-5-19/h1-11,16-17H,12-15,18H2,(H,28,29,30). The Morgan fingerprint density at radius 2 is 1.76 bits per heavy atom. The van der Waals surface area contributed by atoms with Gasteiger partial charge in [-0.2, -0.15) is 22.0 Å². The summed E-state index contributed by atoms with van der Waals surface area (Å²) in [6, 6.07) is 17.4. The van der Waals surface area contributed by atoms with Gasteiger partial charge in [0.25, 0.3) is 10.2 Å². The van der Waals surface area contributed by atoms with Crippen LogP contribution in [0.1, 0.15) is 5.56 Å². The minimum absolute atomic E-state index is 0.278. The van der Waals surface area contributed by atoms with Gasteiger partial charge in [-0.15, -0.1) is 0 Å². The summed E-state index contributed by atoms with van der Waals surface area (Å²) in [7, 11) is -3.54. The van der Waals surface area contributed by atoms with E-state index >= 15 is 0 Å². The van der Waals surface area contributed by atoms with Crippen LogP contribution in [-0.4, -0.2) is 62.6 Å². The van der Waals surface area contributed by atoms with E-state index in [1.807, 2.05) is 30.3 Å². The SMILES string of the molecule is O=S1(=O)N(CCNc2nccc(-c3c(-c4ccc(F)cc4)nc4occn34)n2)CCN1Cc1ccccc1. The molecule has 0 bridgehead atoms. The van der Waals surface area contributed by atoms with Crippen LogP contribution in [0.4, 0.5) is 10.3 Å². The van der Waals surface area contributed by atoms with Gasteiger partial charge in [0.1, 0.15) is 23.5 Å². The fourth-order valence-corrected chi connectivity index (χ4v) is 6.09. The summed E-state index contributed by atoms with van der Waals surface area (Å²) in [6.07, 6.45) is 4.88. The van der Waals surface area contributed by atoms with Crippen molar-refractivity contribution in [3.8, 4) is 22.6 Å². The van der Waals surface area contributed by atoms with Gasteiger partial charge in [0, 0.05) is 50.7 Å². The highest BCUT2D eigenvalue weighted by atomic mass is 32.2. The monoisotopic (exact) mass is 533 g/mol. The molecule has 38 heavy (non-hydrogen) atoms. The van der Waals surface area contributed by atoms with E-state index in [0.29, 0.717) is 60.6 Å². The number of aromatic nitrogens is 4. The smallest absolute Gasteiger partial charge is 0.306 e. The highest BCUT2D eigenvalue weighted by molar-refractivity contribution is 7.87. The molecule has 0 spiro atoms. The molecule has 1 fully saturated rings. The third kappa shape index (κ3) is 4.64. The number of nitrogens with one attached hydrogen (secondary N) is 1. The van der Waals surface area contributed by atoms with Crippen LogP contribution in [-0.2, 0) is 16.8 Å². The number of benzene rings is 2. The summed E-state index contributed by atoms with van der Waals surface area (Å²) >= 11 is 0. The van der Waals surface area contributed by atoms with Crippen molar-refractivity contribution in [2.45, 2.75) is 6.54 Å². The Bertz CT molecular complexity index is 1670. The van der Waals surface area contributed by atoms with Crippen molar-refractivity contribution >= 4 is 22.0 Å². The van der Waals surface area contributed by atoms with Crippen molar-refractivity contribution in [3.63, 3.8) is 0 Å². The van der Waals surface area contributed by atoms with Crippen molar-refractivity contribution in [2.75, 3.05) is 31.5 Å². The molecule has 0 amide bonds. The molecule has 12 heteroatoms. The lowest BCUT2D eigenvalue weighted by Gasteiger charge is -2.19. The van der Waals surface area contributed by atoms with E-state index in [4.69, 9.17) is 4.42 Å². The first-order chi connectivity index (χ1) is 18.5. The molecule has 1 aliphatic heterocycles. The first kappa shape index (κ1) is 24.2. The maximum Gasteiger partial charge on any atom is 0.306 e. The van der Waals surface area contributed by atoms with Crippen LogP contribution < -0.4 is 5.32 Å². The number of anilines is 1. The normalized spacial score (nSPS) is 15.8. The number of rotatable bonds is 8. The average Bonchev–Trinajstić information content (AvgIpc) is 3.59. The quantitative estimate of drug-likeness (QED) is 0.324. The second-order valence-electron chi connectivity index (χ2n) is 8.79. The highest BCUT2D eigenvalue weighted by Gasteiger charge is 2.36. The van der Waals surface area contributed by atoms with Crippen LogP contribution in [0.25, 0.3) is 28.5 Å². The molecule has 0 saturated carbocycles. The van der Waals surface area contributed by atoms with Crippen LogP contribution >= 0.6 is 0 Å². The molecule has 3 aromatic heterocycles. The molecule has 0 radical (unpaired) electrons. The van der Waals surface area contributed by atoms with E-state index in [1.165, 1.54) is 27.0 Å². The molecule has 1 N–H and O–H groups in total. The zero-order chi connectivity index (χ0) is 26.1. The second-order valence-corrected chi connectivity index (χ2v) is 10.7. The second kappa shape index (κ2) is 9.97. The molecular formula is C26H24FN7O3S. The predicted molar refractivity (Wildman–Crippen MR) is 140 cm³/mol. The fraction of sp³-hybridized carbons (Fsp3) is 0.192. The van der Waals surface area contributed by atoms with Crippen LogP contribution in [0, 0.1) is 5.82 Å². The van der Waals surface area contributed by atoms with E-state index in [-0.39, 0.29) is 12.4 Å². The topological polar surface area (TPSA) is 109 Å². The van der Waals surface area contributed by atoms with Gasteiger partial charge in [-0.25, -0.2) is 14.4 Å². The van der Waals surface area contributed by atoms with Gasteiger partial charge in [-0.3, -0.25) is 4.40 Å². The average molecular weight is 534 g/mol. The maximum atomic E-state index is 13.5. The van der Waals surface area contributed by atoms with Crippen molar-refractivity contribution < 1.29 is 17.2 Å². The van der Waals surface area contributed by atoms with Gasteiger partial charge in [0.2, 0.25) is 5.95 Å². The van der Waals surface area contributed by atoms with Gasteiger partial charge in [0.05, 0.1) is 5.69 Å². The zero-order valence-corrected chi connectivity index (χ0v) is 21.1. The molecular weight excluding hydrogens is 509 g/mol. The van der Waals surface area contributed by atoms with Crippen LogP contribution in [0.2, 0.25) is 0 Å². The van der Waals surface area contributed by atoms with Gasteiger partial charge in [0.15, 0.2) is 0 Å². The number of nitrogens with zero attached hydrogens (tertiary/aromatic N) is 6. The van der Waals surface area contributed by atoms with Crippen LogP contribution in [0.15, 0.2) is 83.7 Å². The number of fused-ring (bicyclic) bond motifs is 1. The summed E-state index contributed by atoms with van der Waals surface area (Å²) in [5.74, 6) is 0.394. The predicted octanol–water partition coefficient (Wildman–Crippen LogP) is 3.66. The molecule has 1 aliphatic rings. The molecule has 5 aromatic rings. The number of halogens is 1. The first-order valence-corrected chi connectivity index (χ1v) is 13.5. The van der Waals surface area contributed by atoms with Gasteiger partial charge in [-0.05, 0) is 35.9 Å². The van der Waals surface area contributed by atoms with Gasteiger partial charge < -0.3 is 9.73 Å². The van der Waals surface area contributed by atoms with Crippen LogP contribution in [0.5, 0.6) is 0 Å². The Morgan fingerprint density at radius 3 is 2.58 bits per heavy atom. The Morgan fingerprint density at radius 1 is 0.974 bits per heavy atom. The molecule has 0 aliphatic carbocycles. The summed E-state index contributed by atoms with van der Waals surface area (Å²) in [4.78, 5) is 13.5. The fourth-order valence-electron chi connectivity index (χ4n) is 4.50. The lowest BCUT2D eigenvalue weighted by molar-refractivity contribution is 0.442. The number of imidazole rings is 1. The van der Waals surface area contributed by atoms with Gasteiger partial charge in [-0.1, -0.05) is 30.3 Å². The third-order valence-corrected chi connectivity index (χ3v) is 8.36. The van der Waals surface area contributed by atoms with Gasteiger partial charge >= 0.3 is 5.84 Å². The van der Waals surface area contributed by atoms with Crippen molar-refractivity contribution in [2.24, 2.45) is 0 Å². The van der Waals surface area contributed by atoms with Crippen molar-refractivity contribution in [1.82, 2.24) is 28.0 Å². The summed E-state index contributed by atoms with van der Waals surface area (Å²) in [6.45, 7) is 1.83. The Labute approximate surface area is 218 Å².